The molecule has 3 rings (SSSR count). The number of rotatable bonds is 4. The van der Waals surface area contributed by atoms with Gasteiger partial charge in [-0.1, -0.05) is 11.6 Å². The fourth-order valence-electron chi connectivity index (χ4n) is 2.76. The fourth-order valence-corrected chi connectivity index (χ4v) is 2.98. The lowest BCUT2D eigenvalue weighted by Crippen LogP contribution is -2.32. The van der Waals surface area contributed by atoms with Crippen LogP contribution in [0.2, 0.25) is 5.15 Å². The molecule has 6 heteroatoms. The van der Waals surface area contributed by atoms with Crippen molar-refractivity contribution in [1.29, 1.82) is 0 Å². The summed E-state index contributed by atoms with van der Waals surface area (Å²) in [7, 11) is 0. The zero-order valence-corrected chi connectivity index (χ0v) is 12.5. The summed E-state index contributed by atoms with van der Waals surface area (Å²) in [5.41, 5.74) is 0. The second kappa shape index (κ2) is 5.85. The van der Waals surface area contributed by atoms with E-state index in [4.69, 9.17) is 16.0 Å². The first-order valence-corrected chi connectivity index (χ1v) is 7.36. The molecule has 0 unspecified atom stereocenters. The lowest BCUT2D eigenvalue weighted by Gasteiger charge is -2.25. The molecule has 0 spiro atoms. The van der Waals surface area contributed by atoms with Gasteiger partial charge in [0.05, 0.1) is 6.26 Å². The Bertz CT molecular complexity index is 622. The van der Waals surface area contributed by atoms with E-state index in [-0.39, 0.29) is 11.8 Å². The van der Waals surface area contributed by atoms with Crippen molar-refractivity contribution in [2.45, 2.75) is 32.2 Å². The number of anilines is 1. The van der Waals surface area contributed by atoms with Crippen molar-refractivity contribution in [2.24, 2.45) is 0 Å². The number of hydrogen-bond donors (Lipinski definition) is 0. The maximum Gasteiger partial charge on any atom is 0.200 e. The average Bonchev–Trinajstić information content (AvgIpc) is 3.08. The lowest BCUT2D eigenvalue weighted by molar-refractivity contribution is 0.0947. The molecule has 1 aliphatic rings. The zero-order valence-electron chi connectivity index (χ0n) is 11.8. The summed E-state index contributed by atoms with van der Waals surface area (Å²) in [4.78, 5) is 22.8. The van der Waals surface area contributed by atoms with Gasteiger partial charge in [0.15, 0.2) is 11.5 Å². The standard InChI is InChI=1S/C15H16ClN3O2/c1-10-17-14(16)9-15(18-10)19-6-2-4-11(19)8-12(20)13-5-3-7-21-13/h3,5,7,9,11H,2,4,6,8H2,1H3/t11-/m1/s1. The molecule has 0 aromatic carbocycles. The summed E-state index contributed by atoms with van der Waals surface area (Å²) >= 11 is 6.00. The topological polar surface area (TPSA) is 59.2 Å². The molecule has 0 saturated carbocycles. The molecule has 0 bridgehead atoms. The first-order chi connectivity index (χ1) is 10.1. The van der Waals surface area contributed by atoms with E-state index >= 15 is 0 Å². The number of halogens is 1. The number of Topliss-reactive ketones (excluding diaryl/α,β-unsaturated/α-hetero) is 1. The first kappa shape index (κ1) is 14.1. The zero-order chi connectivity index (χ0) is 14.8. The monoisotopic (exact) mass is 305 g/mol. The summed E-state index contributed by atoms with van der Waals surface area (Å²) < 4.78 is 5.17. The SMILES string of the molecule is Cc1nc(Cl)cc(N2CCC[C@@H]2CC(=O)c2ccco2)n1. The van der Waals surface area contributed by atoms with E-state index in [2.05, 4.69) is 14.9 Å². The minimum absolute atomic E-state index is 0.0220. The second-order valence-electron chi connectivity index (χ2n) is 5.19. The van der Waals surface area contributed by atoms with Crippen LogP contribution in [0.15, 0.2) is 28.9 Å². The molecular weight excluding hydrogens is 290 g/mol. The van der Waals surface area contributed by atoms with Gasteiger partial charge in [-0.2, -0.15) is 0 Å². The van der Waals surface area contributed by atoms with E-state index in [0.29, 0.717) is 23.2 Å². The Morgan fingerprint density at radius 3 is 3.10 bits per heavy atom. The van der Waals surface area contributed by atoms with Crippen molar-refractivity contribution in [1.82, 2.24) is 9.97 Å². The van der Waals surface area contributed by atoms with E-state index < -0.39 is 0 Å². The van der Waals surface area contributed by atoms with Crippen LogP contribution in [0.3, 0.4) is 0 Å². The molecule has 0 N–H and O–H groups in total. The molecule has 2 aromatic rings. The van der Waals surface area contributed by atoms with E-state index in [1.807, 2.05) is 6.92 Å². The van der Waals surface area contributed by atoms with Gasteiger partial charge in [0.1, 0.15) is 16.8 Å². The normalized spacial score (nSPS) is 18.2. The van der Waals surface area contributed by atoms with Gasteiger partial charge in [-0.05, 0) is 31.9 Å². The molecule has 1 atom stereocenters. The van der Waals surface area contributed by atoms with E-state index in [1.165, 1.54) is 6.26 Å². The minimum atomic E-state index is 0.0220. The Morgan fingerprint density at radius 2 is 2.38 bits per heavy atom. The predicted molar refractivity (Wildman–Crippen MR) is 79.8 cm³/mol. The van der Waals surface area contributed by atoms with Crippen molar-refractivity contribution in [2.75, 3.05) is 11.4 Å². The fraction of sp³-hybridized carbons (Fsp3) is 0.400. The molecule has 21 heavy (non-hydrogen) atoms. The van der Waals surface area contributed by atoms with Gasteiger partial charge in [0, 0.05) is 25.1 Å². The molecule has 1 aliphatic heterocycles. The van der Waals surface area contributed by atoms with Gasteiger partial charge in [-0.15, -0.1) is 0 Å². The number of carbonyl (C=O) groups is 1. The summed E-state index contributed by atoms with van der Waals surface area (Å²) in [6, 6.07) is 5.32. The Hall–Kier alpha value is -1.88. The summed E-state index contributed by atoms with van der Waals surface area (Å²) in [6.07, 6.45) is 3.95. The van der Waals surface area contributed by atoms with Gasteiger partial charge in [0.2, 0.25) is 0 Å². The maximum absolute atomic E-state index is 12.2. The Balaban J connectivity index is 1.77. The molecule has 3 heterocycles. The second-order valence-corrected chi connectivity index (χ2v) is 5.58. The smallest absolute Gasteiger partial charge is 0.200 e. The number of furan rings is 1. The highest BCUT2D eigenvalue weighted by atomic mass is 35.5. The van der Waals surface area contributed by atoms with Crippen molar-refractivity contribution in [3.05, 3.63) is 41.2 Å². The van der Waals surface area contributed by atoms with Crippen molar-refractivity contribution in [3.8, 4) is 0 Å². The predicted octanol–water partition coefficient (Wildman–Crippen LogP) is 3.27. The van der Waals surface area contributed by atoms with E-state index in [9.17, 15) is 4.79 Å². The number of aryl methyl sites for hydroxylation is 1. The van der Waals surface area contributed by atoms with Crippen LogP contribution >= 0.6 is 11.6 Å². The minimum Gasteiger partial charge on any atom is -0.461 e. The average molecular weight is 306 g/mol. The third-order valence-corrected chi connectivity index (χ3v) is 3.88. The number of ketones is 1. The van der Waals surface area contributed by atoms with Gasteiger partial charge in [-0.25, -0.2) is 9.97 Å². The third kappa shape index (κ3) is 3.08. The molecule has 1 fully saturated rings. The Morgan fingerprint density at radius 1 is 1.52 bits per heavy atom. The van der Waals surface area contributed by atoms with Crippen LogP contribution in [0.1, 0.15) is 35.6 Å². The Kier molecular flexibility index (Phi) is 3.92. The molecular formula is C15H16ClN3O2. The third-order valence-electron chi connectivity index (χ3n) is 3.68. The van der Waals surface area contributed by atoms with Gasteiger partial charge in [0.25, 0.3) is 0 Å². The summed E-state index contributed by atoms with van der Waals surface area (Å²) in [5, 5.41) is 0.431. The highest BCUT2D eigenvalue weighted by molar-refractivity contribution is 6.29. The van der Waals surface area contributed by atoms with Crippen LogP contribution in [0.4, 0.5) is 5.82 Å². The first-order valence-electron chi connectivity index (χ1n) is 6.98. The molecule has 0 aliphatic carbocycles. The largest absolute Gasteiger partial charge is 0.461 e. The molecule has 0 radical (unpaired) electrons. The summed E-state index contributed by atoms with van der Waals surface area (Å²) in [6.45, 7) is 2.69. The van der Waals surface area contributed by atoms with Crippen LogP contribution in [-0.4, -0.2) is 28.3 Å². The number of carbonyl (C=O) groups excluding carboxylic acids is 1. The van der Waals surface area contributed by atoms with Crippen molar-refractivity contribution < 1.29 is 9.21 Å². The molecule has 2 aromatic heterocycles. The van der Waals surface area contributed by atoms with Gasteiger partial charge < -0.3 is 9.32 Å². The molecule has 110 valence electrons. The Labute approximate surface area is 127 Å². The number of nitrogens with zero attached hydrogens (tertiary/aromatic N) is 3. The van der Waals surface area contributed by atoms with Crippen LogP contribution < -0.4 is 4.90 Å². The van der Waals surface area contributed by atoms with Crippen LogP contribution in [-0.2, 0) is 0 Å². The van der Waals surface area contributed by atoms with E-state index in [1.54, 1.807) is 18.2 Å². The van der Waals surface area contributed by atoms with Crippen LogP contribution in [0, 0.1) is 6.92 Å². The van der Waals surface area contributed by atoms with Crippen LogP contribution in [0.5, 0.6) is 0 Å². The van der Waals surface area contributed by atoms with E-state index in [0.717, 1.165) is 25.2 Å². The molecule has 5 nitrogen and oxygen atoms in total. The maximum atomic E-state index is 12.2. The van der Waals surface area contributed by atoms with Crippen molar-refractivity contribution >= 4 is 23.2 Å². The van der Waals surface area contributed by atoms with Gasteiger partial charge in [-0.3, -0.25) is 4.79 Å². The molecule has 0 amide bonds. The molecule has 1 saturated heterocycles. The quantitative estimate of drug-likeness (QED) is 0.641. The summed E-state index contributed by atoms with van der Waals surface area (Å²) in [5.74, 6) is 1.87. The van der Waals surface area contributed by atoms with Crippen molar-refractivity contribution in [3.63, 3.8) is 0 Å². The highest BCUT2D eigenvalue weighted by Gasteiger charge is 2.29. The highest BCUT2D eigenvalue weighted by Crippen LogP contribution is 2.28. The van der Waals surface area contributed by atoms with Gasteiger partial charge >= 0.3 is 0 Å². The van der Waals surface area contributed by atoms with Crippen LogP contribution in [0.25, 0.3) is 0 Å². The lowest BCUT2D eigenvalue weighted by atomic mass is 10.1. The number of aromatic nitrogens is 2. The number of hydrogen-bond acceptors (Lipinski definition) is 5.